The maximum atomic E-state index is 12.8. The predicted octanol–water partition coefficient (Wildman–Crippen LogP) is 3.63. The molecule has 2 atom stereocenters. The van der Waals surface area contributed by atoms with Crippen molar-refractivity contribution in [3.8, 4) is 11.1 Å². The second-order valence-electron chi connectivity index (χ2n) is 8.34. The van der Waals surface area contributed by atoms with E-state index >= 15 is 0 Å². The van der Waals surface area contributed by atoms with Crippen LogP contribution in [0.2, 0.25) is 0 Å². The minimum Gasteiger partial charge on any atom is -0.480 e. The van der Waals surface area contributed by atoms with Crippen molar-refractivity contribution in [1.82, 2.24) is 10.2 Å². The van der Waals surface area contributed by atoms with Crippen molar-refractivity contribution in [2.45, 2.75) is 38.1 Å². The molecule has 2 amide bonds. The summed E-state index contributed by atoms with van der Waals surface area (Å²) in [6, 6.07) is 15.5. The first kappa shape index (κ1) is 21.9. The molecule has 1 saturated heterocycles. The molecule has 32 heavy (non-hydrogen) atoms. The molecule has 1 heterocycles. The number of ether oxygens (including phenoxy) is 1. The third kappa shape index (κ3) is 4.20. The Labute approximate surface area is 187 Å². The Hall–Kier alpha value is -3.35. The van der Waals surface area contributed by atoms with Crippen molar-refractivity contribution < 1.29 is 24.2 Å². The molecule has 0 aromatic heterocycles. The Morgan fingerprint density at radius 3 is 2.31 bits per heavy atom. The topological polar surface area (TPSA) is 95.9 Å². The first-order chi connectivity index (χ1) is 15.5. The van der Waals surface area contributed by atoms with Gasteiger partial charge in [0.1, 0.15) is 12.6 Å². The van der Waals surface area contributed by atoms with E-state index in [1.165, 1.54) is 4.90 Å². The van der Waals surface area contributed by atoms with E-state index in [9.17, 15) is 19.5 Å². The molecule has 0 saturated carbocycles. The molecule has 0 spiro atoms. The molecule has 1 fully saturated rings. The number of carboxylic acid groups (broad SMARTS) is 1. The van der Waals surface area contributed by atoms with E-state index in [0.717, 1.165) is 22.3 Å². The van der Waals surface area contributed by atoms with E-state index in [1.54, 1.807) is 0 Å². The number of carbonyl (C=O) groups excluding carboxylic acids is 2. The van der Waals surface area contributed by atoms with Crippen molar-refractivity contribution in [3.05, 3.63) is 59.7 Å². The lowest BCUT2D eigenvalue weighted by Crippen LogP contribution is -2.46. The van der Waals surface area contributed by atoms with Crippen LogP contribution in [0.3, 0.4) is 0 Å². The van der Waals surface area contributed by atoms with Gasteiger partial charge in [0.15, 0.2) is 0 Å². The van der Waals surface area contributed by atoms with Gasteiger partial charge in [0, 0.05) is 19.0 Å². The minimum absolute atomic E-state index is 0.0299. The zero-order chi connectivity index (χ0) is 22.7. The lowest BCUT2D eigenvalue weighted by atomic mass is 9.98. The van der Waals surface area contributed by atoms with E-state index in [1.807, 2.05) is 31.2 Å². The van der Waals surface area contributed by atoms with E-state index < -0.39 is 24.0 Å². The summed E-state index contributed by atoms with van der Waals surface area (Å²) in [7, 11) is 0. The Morgan fingerprint density at radius 2 is 1.72 bits per heavy atom. The molecule has 2 aliphatic rings. The molecular weight excluding hydrogens is 408 g/mol. The molecule has 4 rings (SSSR count). The number of amides is 2. The summed E-state index contributed by atoms with van der Waals surface area (Å²) in [5.41, 5.74) is 4.59. The molecule has 2 aromatic carbocycles. The number of carboxylic acids is 1. The number of benzene rings is 2. The number of nitrogens with one attached hydrogen (secondary N) is 1. The standard InChI is InChI=1S/C25H28N2O5/c1-2-16(23(28)27-13-7-12-22(27)24(29)30)14-26-25(31)32-15-21-19-10-5-3-8-17(19)18-9-4-6-11-20(18)21/h3-6,8-11,16,21-22H,2,7,12-15H2,1H3,(H,26,31)(H,29,30)/t16?,22-/m1/s1. The Balaban J connectivity index is 1.34. The fraction of sp³-hybridized carbons (Fsp3) is 0.400. The van der Waals surface area contributed by atoms with Crippen molar-refractivity contribution in [2.24, 2.45) is 5.92 Å². The van der Waals surface area contributed by atoms with E-state index in [-0.39, 0.29) is 25.0 Å². The average Bonchev–Trinajstić information content (AvgIpc) is 3.41. The summed E-state index contributed by atoms with van der Waals surface area (Å²) in [4.78, 5) is 38.0. The van der Waals surface area contributed by atoms with Crippen molar-refractivity contribution in [2.75, 3.05) is 19.7 Å². The molecule has 7 nitrogen and oxygen atoms in total. The maximum absolute atomic E-state index is 12.8. The zero-order valence-electron chi connectivity index (χ0n) is 18.1. The van der Waals surface area contributed by atoms with Crippen LogP contribution < -0.4 is 5.32 Å². The van der Waals surface area contributed by atoms with Crippen LogP contribution in [-0.4, -0.2) is 53.7 Å². The first-order valence-corrected chi connectivity index (χ1v) is 11.1. The first-order valence-electron chi connectivity index (χ1n) is 11.1. The van der Waals surface area contributed by atoms with Gasteiger partial charge in [-0.1, -0.05) is 55.5 Å². The second kappa shape index (κ2) is 9.42. The summed E-state index contributed by atoms with van der Waals surface area (Å²) in [6.07, 6.45) is 1.08. The van der Waals surface area contributed by atoms with Crippen LogP contribution in [-0.2, 0) is 14.3 Å². The fourth-order valence-corrected chi connectivity index (χ4v) is 4.78. The number of aliphatic carboxylic acids is 1. The van der Waals surface area contributed by atoms with Crippen LogP contribution in [0.15, 0.2) is 48.5 Å². The monoisotopic (exact) mass is 436 g/mol. The van der Waals surface area contributed by atoms with E-state index in [4.69, 9.17) is 4.74 Å². The predicted molar refractivity (Wildman–Crippen MR) is 119 cm³/mol. The van der Waals surface area contributed by atoms with Gasteiger partial charge in [-0.3, -0.25) is 4.79 Å². The molecule has 0 radical (unpaired) electrons. The molecule has 7 heteroatoms. The molecule has 1 aliphatic heterocycles. The second-order valence-corrected chi connectivity index (χ2v) is 8.34. The van der Waals surface area contributed by atoms with Gasteiger partial charge < -0.3 is 20.1 Å². The van der Waals surface area contributed by atoms with Gasteiger partial charge >= 0.3 is 12.1 Å². The number of hydrogen-bond donors (Lipinski definition) is 2. The molecule has 168 valence electrons. The Kier molecular flexibility index (Phi) is 6.44. The number of hydrogen-bond acceptors (Lipinski definition) is 4. The van der Waals surface area contributed by atoms with E-state index in [0.29, 0.717) is 25.8 Å². The van der Waals surface area contributed by atoms with Crippen LogP contribution in [0.4, 0.5) is 4.79 Å². The van der Waals surface area contributed by atoms with Crippen LogP contribution in [0.1, 0.15) is 43.2 Å². The summed E-state index contributed by atoms with van der Waals surface area (Å²) < 4.78 is 5.53. The minimum atomic E-state index is -0.977. The van der Waals surface area contributed by atoms with Crippen LogP contribution in [0.25, 0.3) is 11.1 Å². The number of likely N-dealkylation sites (tertiary alicyclic amines) is 1. The molecule has 1 aliphatic carbocycles. The summed E-state index contributed by atoms with van der Waals surface area (Å²) in [5.74, 6) is -1.71. The lowest BCUT2D eigenvalue weighted by molar-refractivity contribution is -0.149. The van der Waals surface area contributed by atoms with Gasteiger partial charge in [-0.25, -0.2) is 9.59 Å². The maximum Gasteiger partial charge on any atom is 0.407 e. The summed E-state index contributed by atoms with van der Waals surface area (Å²) >= 11 is 0. The van der Waals surface area contributed by atoms with Crippen LogP contribution in [0.5, 0.6) is 0 Å². The van der Waals surface area contributed by atoms with Gasteiger partial charge in [-0.05, 0) is 41.5 Å². The molecule has 2 N–H and O–H groups in total. The van der Waals surface area contributed by atoms with E-state index in [2.05, 4.69) is 29.6 Å². The van der Waals surface area contributed by atoms with Gasteiger partial charge in [-0.2, -0.15) is 0 Å². The summed E-state index contributed by atoms with van der Waals surface area (Å²) in [6.45, 7) is 2.62. The number of alkyl carbamates (subject to hydrolysis) is 1. The highest BCUT2D eigenvalue weighted by Gasteiger charge is 2.36. The third-order valence-corrected chi connectivity index (χ3v) is 6.50. The van der Waals surface area contributed by atoms with Crippen molar-refractivity contribution >= 4 is 18.0 Å². The Bertz CT molecular complexity index is 975. The zero-order valence-corrected chi connectivity index (χ0v) is 18.1. The lowest BCUT2D eigenvalue weighted by Gasteiger charge is -2.26. The number of fused-ring (bicyclic) bond motifs is 3. The normalized spacial score (nSPS) is 18.0. The van der Waals surface area contributed by atoms with Gasteiger partial charge in [-0.15, -0.1) is 0 Å². The number of carbonyl (C=O) groups is 3. The smallest absolute Gasteiger partial charge is 0.407 e. The van der Waals surface area contributed by atoms with Crippen LogP contribution >= 0.6 is 0 Å². The van der Waals surface area contributed by atoms with Gasteiger partial charge in [0.05, 0.1) is 5.92 Å². The highest BCUT2D eigenvalue weighted by molar-refractivity contribution is 5.86. The summed E-state index contributed by atoms with van der Waals surface area (Å²) in [5, 5.41) is 12.0. The molecular formula is C25H28N2O5. The highest BCUT2D eigenvalue weighted by atomic mass is 16.5. The third-order valence-electron chi connectivity index (χ3n) is 6.50. The SMILES string of the molecule is CCC(CNC(=O)OCC1c2ccccc2-c2ccccc21)C(=O)N1CCC[C@@H]1C(=O)O. The average molecular weight is 437 g/mol. The molecule has 1 unspecified atom stereocenters. The quantitative estimate of drug-likeness (QED) is 0.691. The highest BCUT2D eigenvalue weighted by Crippen LogP contribution is 2.44. The van der Waals surface area contributed by atoms with Crippen molar-refractivity contribution in [1.29, 1.82) is 0 Å². The number of rotatable bonds is 7. The largest absolute Gasteiger partial charge is 0.480 e. The molecule has 0 bridgehead atoms. The number of nitrogens with zero attached hydrogens (tertiary/aromatic N) is 1. The molecule has 2 aromatic rings. The Morgan fingerprint density at radius 1 is 1.09 bits per heavy atom. The van der Waals surface area contributed by atoms with Crippen LogP contribution in [0, 0.1) is 5.92 Å². The fourth-order valence-electron chi connectivity index (χ4n) is 4.78. The van der Waals surface area contributed by atoms with Crippen molar-refractivity contribution in [3.63, 3.8) is 0 Å². The van der Waals surface area contributed by atoms with Gasteiger partial charge in [0.25, 0.3) is 0 Å². The van der Waals surface area contributed by atoms with Gasteiger partial charge in [0.2, 0.25) is 5.91 Å².